The first-order chi connectivity index (χ1) is 15.4. The Kier molecular flexibility index (Phi) is 7.11. The van der Waals surface area contributed by atoms with Crippen molar-refractivity contribution in [3.8, 4) is 22.6 Å². The SMILES string of the molecule is C[C@H](Sc1nc(-c2ccccc2)c(-c2ccccc2)o1)C(=O)Nc1cc(Cl)c(Cl)cc1Cl. The molecule has 3 aromatic carbocycles. The van der Waals surface area contributed by atoms with E-state index in [0.29, 0.717) is 31.7 Å². The van der Waals surface area contributed by atoms with Gasteiger partial charge in [-0.25, -0.2) is 4.98 Å². The van der Waals surface area contributed by atoms with Crippen LogP contribution in [0.25, 0.3) is 22.6 Å². The van der Waals surface area contributed by atoms with Gasteiger partial charge in [-0.05, 0) is 19.1 Å². The van der Waals surface area contributed by atoms with Crippen molar-refractivity contribution in [2.75, 3.05) is 5.32 Å². The number of hydrogen-bond donors (Lipinski definition) is 1. The maximum Gasteiger partial charge on any atom is 0.257 e. The van der Waals surface area contributed by atoms with Crippen molar-refractivity contribution in [2.45, 2.75) is 17.4 Å². The van der Waals surface area contributed by atoms with Crippen LogP contribution in [0.4, 0.5) is 5.69 Å². The molecule has 4 nitrogen and oxygen atoms in total. The van der Waals surface area contributed by atoms with Gasteiger partial charge in [-0.1, -0.05) is 107 Å². The molecule has 0 spiro atoms. The zero-order valence-corrected chi connectivity index (χ0v) is 19.9. The monoisotopic (exact) mass is 502 g/mol. The number of halogens is 3. The minimum absolute atomic E-state index is 0.268. The molecule has 8 heteroatoms. The zero-order valence-electron chi connectivity index (χ0n) is 16.8. The van der Waals surface area contributed by atoms with Gasteiger partial charge in [0.2, 0.25) is 5.91 Å². The highest BCUT2D eigenvalue weighted by molar-refractivity contribution is 8.00. The average Bonchev–Trinajstić information content (AvgIpc) is 3.22. The Morgan fingerprint density at radius 2 is 1.50 bits per heavy atom. The van der Waals surface area contributed by atoms with E-state index < -0.39 is 5.25 Å². The Labute approximate surface area is 204 Å². The molecule has 1 aromatic heterocycles. The minimum Gasteiger partial charge on any atom is -0.431 e. The topological polar surface area (TPSA) is 55.1 Å². The maximum absolute atomic E-state index is 12.8. The van der Waals surface area contributed by atoms with E-state index in [1.807, 2.05) is 60.7 Å². The molecule has 1 heterocycles. The number of nitrogens with zero attached hydrogens (tertiary/aromatic N) is 1. The van der Waals surface area contributed by atoms with Gasteiger partial charge in [0.05, 0.1) is 26.0 Å². The fourth-order valence-electron chi connectivity index (χ4n) is 2.99. The third-order valence-corrected chi connectivity index (χ3v) is 6.58. The molecule has 0 aliphatic rings. The van der Waals surface area contributed by atoms with E-state index >= 15 is 0 Å². The third-order valence-electron chi connectivity index (χ3n) is 4.61. The number of aromatic nitrogens is 1. The summed E-state index contributed by atoms with van der Waals surface area (Å²) in [4.78, 5) is 17.4. The Morgan fingerprint density at radius 1 is 0.906 bits per heavy atom. The van der Waals surface area contributed by atoms with E-state index in [0.717, 1.165) is 16.8 Å². The summed E-state index contributed by atoms with van der Waals surface area (Å²) < 4.78 is 6.09. The van der Waals surface area contributed by atoms with Gasteiger partial charge in [-0.15, -0.1) is 0 Å². The van der Waals surface area contributed by atoms with Crippen LogP contribution in [-0.4, -0.2) is 16.1 Å². The molecule has 1 N–H and O–H groups in total. The lowest BCUT2D eigenvalue weighted by atomic mass is 10.1. The van der Waals surface area contributed by atoms with Gasteiger partial charge in [0.15, 0.2) is 5.76 Å². The number of amides is 1. The quantitative estimate of drug-likeness (QED) is 0.213. The fraction of sp³-hybridized carbons (Fsp3) is 0.0833. The van der Waals surface area contributed by atoms with Gasteiger partial charge in [0.1, 0.15) is 5.69 Å². The maximum atomic E-state index is 12.8. The van der Waals surface area contributed by atoms with Crippen molar-refractivity contribution in [3.05, 3.63) is 87.9 Å². The van der Waals surface area contributed by atoms with Gasteiger partial charge in [0.25, 0.3) is 5.22 Å². The largest absolute Gasteiger partial charge is 0.431 e. The number of nitrogens with one attached hydrogen (secondary N) is 1. The second-order valence-electron chi connectivity index (χ2n) is 6.89. The Hall–Kier alpha value is -2.44. The summed E-state index contributed by atoms with van der Waals surface area (Å²) in [6.07, 6.45) is 0. The van der Waals surface area contributed by atoms with E-state index in [2.05, 4.69) is 10.3 Å². The number of carbonyl (C=O) groups is 1. The van der Waals surface area contributed by atoms with Crippen molar-refractivity contribution in [1.82, 2.24) is 4.98 Å². The number of benzene rings is 3. The van der Waals surface area contributed by atoms with Gasteiger partial charge < -0.3 is 9.73 Å². The molecule has 0 radical (unpaired) electrons. The van der Waals surface area contributed by atoms with Crippen LogP contribution in [0.1, 0.15) is 6.92 Å². The molecule has 0 aliphatic heterocycles. The van der Waals surface area contributed by atoms with Crippen LogP contribution in [0.2, 0.25) is 15.1 Å². The van der Waals surface area contributed by atoms with Gasteiger partial charge in [-0.2, -0.15) is 0 Å². The number of oxazole rings is 1. The summed E-state index contributed by atoms with van der Waals surface area (Å²) in [5.41, 5.74) is 2.95. The molecule has 162 valence electrons. The predicted octanol–water partition coefficient (Wildman–Crippen LogP) is 8.09. The first-order valence-corrected chi connectivity index (χ1v) is 11.7. The summed E-state index contributed by atoms with van der Waals surface area (Å²) in [5.74, 6) is 0.385. The van der Waals surface area contributed by atoms with Crippen LogP contribution >= 0.6 is 46.6 Å². The van der Waals surface area contributed by atoms with Gasteiger partial charge >= 0.3 is 0 Å². The first kappa shape index (κ1) is 22.7. The van der Waals surface area contributed by atoms with Crippen molar-refractivity contribution < 1.29 is 9.21 Å². The molecule has 0 saturated carbocycles. The number of hydrogen-bond acceptors (Lipinski definition) is 4. The summed E-state index contributed by atoms with van der Waals surface area (Å²) in [5, 5.41) is 3.59. The molecule has 0 bridgehead atoms. The smallest absolute Gasteiger partial charge is 0.257 e. The van der Waals surface area contributed by atoms with Gasteiger partial charge in [0, 0.05) is 11.1 Å². The molecule has 1 amide bonds. The van der Waals surface area contributed by atoms with Crippen LogP contribution in [0.3, 0.4) is 0 Å². The van der Waals surface area contributed by atoms with E-state index in [1.165, 1.54) is 23.9 Å². The lowest BCUT2D eigenvalue weighted by Crippen LogP contribution is -2.22. The molecule has 0 unspecified atom stereocenters. The van der Waals surface area contributed by atoms with E-state index in [-0.39, 0.29) is 5.91 Å². The molecule has 32 heavy (non-hydrogen) atoms. The number of rotatable bonds is 6. The second-order valence-corrected chi connectivity index (χ2v) is 9.40. The van der Waals surface area contributed by atoms with Crippen molar-refractivity contribution in [1.29, 1.82) is 0 Å². The standard InChI is InChI=1S/C24H17Cl3N2O2S/c1-14(23(30)28-20-13-18(26)17(25)12-19(20)27)32-24-29-21(15-8-4-2-5-9-15)22(31-24)16-10-6-3-7-11-16/h2-14H,1H3,(H,28,30)/t14-/m0/s1. The van der Waals surface area contributed by atoms with Crippen LogP contribution in [-0.2, 0) is 4.79 Å². The molecule has 0 aliphatic carbocycles. The van der Waals surface area contributed by atoms with Gasteiger partial charge in [-0.3, -0.25) is 4.79 Å². The van der Waals surface area contributed by atoms with Crippen LogP contribution in [0, 0.1) is 0 Å². The number of carbonyl (C=O) groups excluding carboxylic acids is 1. The lowest BCUT2D eigenvalue weighted by molar-refractivity contribution is -0.115. The number of thioether (sulfide) groups is 1. The summed E-state index contributed by atoms with van der Waals surface area (Å²) in [6, 6.07) is 22.5. The molecule has 4 rings (SSSR count). The highest BCUT2D eigenvalue weighted by Crippen LogP contribution is 2.37. The molecule has 0 fully saturated rings. The zero-order chi connectivity index (χ0) is 22.7. The van der Waals surface area contributed by atoms with Crippen LogP contribution in [0.15, 0.2) is 82.4 Å². The minimum atomic E-state index is -0.508. The van der Waals surface area contributed by atoms with Crippen molar-refractivity contribution in [3.63, 3.8) is 0 Å². The van der Waals surface area contributed by atoms with Crippen molar-refractivity contribution >= 4 is 58.2 Å². The predicted molar refractivity (Wildman–Crippen MR) is 133 cm³/mol. The average molecular weight is 504 g/mol. The molecule has 1 atom stereocenters. The molecule has 4 aromatic rings. The van der Waals surface area contributed by atoms with E-state index in [1.54, 1.807) is 6.92 Å². The van der Waals surface area contributed by atoms with Crippen LogP contribution in [0.5, 0.6) is 0 Å². The normalized spacial score (nSPS) is 11.9. The first-order valence-electron chi connectivity index (χ1n) is 9.66. The highest BCUT2D eigenvalue weighted by Gasteiger charge is 2.22. The van der Waals surface area contributed by atoms with Crippen LogP contribution < -0.4 is 5.32 Å². The Balaban J connectivity index is 1.58. The van der Waals surface area contributed by atoms with E-state index in [4.69, 9.17) is 39.2 Å². The molecule has 0 saturated heterocycles. The second kappa shape index (κ2) is 10.0. The number of anilines is 1. The third kappa shape index (κ3) is 5.13. The summed E-state index contributed by atoms with van der Waals surface area (Å²) in [6.45, 7) is 1.76. The Bertz CT molecular complexity index is 1190. The molecular weight excluding hydrogens is 487 g/mol. The highest BCUT2D eigenvalue weighted by atomic mass is 35.5. The summed E-state index contributed by atoms with van der Waals surface area (Å²) in [7, 11) is 0. The fourth-order valence-corrected chi connectivity index (χ4v) is 4.32. The van der Waals surface area contributed by atoms with Crippen molar-refractivity contribution in [2.24, 2.45) is 0 Å². The van der Waals surface area contributed by atoms with E-state index in [9.17, 15) is 4.79 Å². The molecular formula is C24H17Cl3N2O2S. The Morgan fingerprint density at radius 3 is 2.16 bits per heavy atom. The summed E-state index contributed by atoms with van der Waals surface area (Å²) >= 11 is 19.4. The lowest BCUT2D eigenvalue weighted by Gasteiger charge is -2.12.